The Labute approximate surface area is 172 Å². The molecule has 28 heavy (non-hydrogen) atoms. The van der Waals surface area contributed by atoms with E-state index in [4.69, 9.17) is 0 Å². The minimum atomic E-state index is -0.169. The van der Waals surface area contributed by atoms with Crippen LogP contribution in [-0.4, -0.2) is 30.3 Å². The minimum absolute atomic E-state index is 0.0886. The average molecular weight is 400 g/mol. The number of benzene rings is 1. The quantitative estimate of drug-likeness (QED) is 0.316. The molecule has 1 aromatic rings. The second-order valence-corrected chi connectivity index (χ2v) is 9.14. The monoisotopic (exact) mass is 399 g/mol. The number of anilines is 1. The van der Waals surface area contributed by atoms with Crippen LogP contribution in [0.3, 0.4) is 0 Å². The van der Waals surface area contributed by atoms with Gasteiger partial charge in [0.2, 0.25) is 0 Å². The zero-order chi connectivity index (χ0) is 19.7. The van der Waals surface area contributed by atoms with Crippen LogP contribution in [0.2, 0.25) is 0 Å². The molecule has 5 nitrogen and oxygen atoms in total. The number of unbranched alkanes of at least 4 members (excludes halogenated alkanes) is 1. The Bertz CT molecular complexity index is 805. The van der Waals surface area contributed by atoms with Gasteiger partial charge in [0.25, 0.3) is 5.91 Å². The summed E-state index contributed by atoms with van der Waals surface area (Å²) in [5.41, 5.74) is 4.82. The third kappa shape index (κ3) is 3.79. The highest BCUT2D eigenvalue weighted by Crippen LogP contribution is 2.63. The van der Waals surface area contributed by atoms with E-state index in [-0.39, 0.29) is 18.0 Å². The van der Waals surface area contributed by atoms with Gasteiger partial charge >= 0.3 is 6.03 Å². The van der Waals surface area contributed by atoms with E-state index < -0.39 is 0 Å². The van der Waals surface area contributed by atoms with E-state index in [0.717, 1.165) is 37.4 Å². The van der Waals surface area contributed by atoms with E-state index in [9.17, 15) is 9.59 Å². The number of rotatable bonds is 7. The molecule has 2 fully saturated rings. The minimum Gasteiger partial charge on any atom is -0.352 e. The lowest BCUT2D eigenvalue weighted by Crippen LogP contribution is -2.46. The number of thiol groups is 1. The van der Waals surface area contributed by atoms with Crippen molar-refractivity contribution in [1.29, 1.82) is 0 Å². The van der Waals surface area contributed by atoms with Crippen molar-refractivity contribution in [3.63, 3.8) is 0 Å². The van der Waals surface area contributed by atoms with Crippen molar-refractivity contribution in [2.45, 2.75) is 51.5 Å². The topological polar surface area (TPSA) is 70.2 Å². The summed E-state index contributed by atoms with van der Waals surface area (Å²) in [4.78, 5) is 24.6. The molecular weight excluding hydrogens is 370 g/mol. The largest absolute Gasteiger partial charge is 0.352 e. The summed E-state index contributed by atoms with van der Waals surface area (Å²) < 4.78 is 0. The van der Waals surface area contributed by atoms with Gasteiger partial charge in [0.15, 0.2) is 0 Å². The van der Waals surface area contributed by atoms with Crippen LogP contribution < -0.4 is 16.0 Å². The molecule has 0 saturated heterocycles. The van der Waals surface area contributed by atoms with Gasteiger partial charge in [-0.15, -0.1) is 0 Å². The molecule has 0 radical (unpaired) electrons. The van der Waals surface area contributed by atoms with Crippen molar-refractivity contribution in [3.8, 4) is 0 Å². The van der Waals surface area contributed by atoms with Crippen molar-refractivity contribution in [2.75, 3.05) is 17.6 Å². The SMILES string of the molecule is CC12CC3=C(C1)C(NC(=O)Nc1ccc(C(=O)NCCCCS)cc1)CC2C3. The van der Waals surface area contributed by atoms with Crippen molar-refractivity contribution in [3.05, 3.63) is 41.0 Å². The molecular formula is C22H29N3O2S. The summed E-state index contributed by atoms with van der Waals surface area (Å²) in [5.74, 6) is 1.46. The highest BCUT2D eigenvalue weighted by molar-refractivity contribution is 7.80. The molecule has 3 amide bonds. The first-order valence-electron chi connectivity index (χ1n) is 10.3. The predicted molar refractivity (Wildman–Crippen MR) is 115 cm³/mol. The Morgan fingerprint density at radius 2 is 1.96 bits per heavy atom. The zero-order valence-electron chi connectivity index (χ0n) is 16.4. The van der Waals surface area contributed by atoms with Gasteiger partial charge < -0.3 is 16.0 Å². The summed E-state index contributed by atoms with van der Waals surface area (Å²) in [6.07, 6.45) is 6.59. The Hall–Kier alpha value is -1.95. The molecule has 4 bridgehead atoms. The Morgan fingerprint density at radius 1 is 1.18 bits per heavy atom. The van der Waals surface area contributed by atoms with E-state index >= 15 is 0 Å². The van der Waals surface area contributed by atoms with E-state index in [2.05, 4.69) is 35.5 Å². The molecule has 0 aromatic heterocycles. The third-order valence-electron chi connectivity index (χ3n) is 6.67. The lowest BCUT2D eigenvalue weighted by Gasteiger charge is -2.42. The maximum absolute atomic E-state index is 12.4. The van der Waals surface area contributed by atoms with Gasteiger partial charge in [-0.05, 0) is 85.4 Å². The predicted octanol–water partition coefficient (Wildman–Crippen LogP) is 4.14. The molecule has 3 N–H and O–H groups in total. The number of nitrogens with one attached hydrogen (secondary N) is 3. The van der Waals surface area contributed by atoms with Gasteiger partial charge in [-0.3, -0.25) is 4.79 Å². The first kappa shape index (κ1) is 19.4. The highest BCUT2D eigenvalue weighted by Gasteiger charge is 2.53. The van der Waals surface area contributed by atoms with Gasteiger partial charge in [0.1, 0.15) is 0 Å². The van der Waals surface area contributed by atoms with Crippen LogP contribution in [0.25, 0.3) is 0 Å². The summed E-state index contributed by atoms with van der Waals surface area (Å²) in [7, 11) is 0. The Balaban J connectivity index is 1.27. The normalized spacial score (nSPS) is 27.2. The van der Waals surface area contributed by atoms with Gasteiger partial charge in [0, 0.05) is 17.8 Å². The third-order valence-corrected chi connectivity index (χ3v) is 6.98. The fourth-order valence-electron chi connectivity index (χ4n) is 5.14. The standard InChI is InChI=1S/C22H29N3O2S/c1-22-12-15-10-16(22)11-19(18(15)13-22)25-21(27)24-17-6-4-14(5-7-17)20(26)23-8-2-3-9-28/h4-7,16,19,28H,2-3,8-13H2,1H3,(H,23,26)(H2,24,25,27). The second kappa shape index (κ2) is 7.82. The molecule has 3 unspecified atom stereocenters. The van der Waals surface area contributed by atoms with E-state index in [1.807, 2.05) is 0 Å². The number of hydrogen-bond acceptors (Lipinski definition) is 3. The lowest BCUT2D eigenvalue weighted by molar-refractivity contribution is 0.0953. The number of carbonyl (C=O) groups is 2. The van der Waals surface area contributed by atoms with Gasteiger partial charge in [0.05, 0.1) is 6.04 Å². The number of amides is 3. The molecule has 150 valence electrons. The second-order valence-electron chi connectivity index (χ2n) is 8.69. The molecule has 2 saturated carbocycles. The maximum atomic E-state index is 12.4. The number of allylic oxidation sites excluding steroid dienone is 1. The molecule has 5 rings (SSSR count). The number of hydrogen-bond donors (Lipinski definition) is 4. The van der Waals surface area contributed by atoms with Crippen LogP contribution >= 0.6 is 12.6 Å². The average Bonchev–Trinajstić information content (AvgIpc) is 3.15. The van der Waals surface area contributed by atoms with Crippen LogP contribution in [0.5, 0.6) is 0 Å². The van der Waals surface area contributed by atoms with Gasteiger partial charge in [-0.25, -0.2) is 4.79 Å². The Kier molecular flexibility index (Phi) is 5.41. The molecule has 0 spiro atoms. The first-order chi connectivity index (χ1) is 13.5. The molecule has 0 heterocycles. The summed E-state index contributed by atoms with van der Waals surface area (Å²) in [5, 5.41) is 8.95. The molecule has 1 aromatic carbocycles. The van der Waals surface area contributed by atoms with Crippen molar-refractivity contribution < 1.29 is 9.59 Å². The number of fused-ring (bicyclic) bond motifs is 1. The fraction of sp³-hybridized carbons (Fsp3) is 0.545. The van der Waals surface area contributed by atoms with Crippen molar-refractivity contribution in [2.24, 2.45) is 11.3 Å². The summed E-state index contributed by atoms with van der Waals surface area (Å²) in [6.45, 7) is 3.05. The fourth-order valence-corrected chi connectivity index (χ4v) is 5.36. The number of urea groups is 1. The lowest BCUT2D eigenvalue weighted by atomic mass is 9.66. The van der Waals surface area contributed by atoms with E-state index in [1.165, 1.54) is 18.4 Å². The summed E-state index contributed by atoms with van der Waals surface area (Å²) >= 11 is 4.16. The molecule has 3 atom stereocenters. The molecule has 0 aliphatic heterocycles. The van der Waals surface area contributed by atoms with E-state index in [1.54, 1.807) is 29.8 Å². The van der Waals surface area contributed by atoms with Gasteiger partial charge in [-0.1, -0.05) is 12.5 Å². The first-order valence-corrected chi connectivity index (χ1v) is 10.9. The molecule has 4 aliphatic carbocycles. The van der Waals surface area contributed by atoms with E-state index in [0.29, 0.717) is 23.2 Å². The highest BCUT2D eigenvalue weighted by atomic mass is 32.1. The van der Waals surface area contributed by atoms with Crippen LogP contribution in [0, 0.1) is 11.3 Å². The smallest absolute Gasteiger partial charge is 0.319 e. The zero-order valence-corrected chi connectivity index (χ0v) is 17.3. The van der Waals surface area contributed by atoms with Crippen molar-refractivity contribution in [1.82, 2.24) is 10.6 Å². The molecule has 4 aliphatic rings. The maximum Gasteiger partial charge on any atom is 0.319 e. The number of carbonyl (C=O) groups excluding carboxylic acids is 2. The molecule has 6 heteroatoms. The van der Waals surface area contributed by atoms with Gasteiger partial charge in [-0.2, -0.15) is 12.6 Å². The Morgan fingerprint density at radius 3 is 2.61 bits per heavy atom. The van der Waals surface area contributed by atoms with Crippen LogP contribution in [0.15, 0.2) is 35.4 Å². The van der Waals surface area contributed by atoms with Crippen LogP contribution in [0.1, 0.15) is 55.8 Å². The van der Waals surface area contributed by atoms with Crippen LogP contribution in [0.4, 0.5) is 10.5 Å². The van der Waals surface area contributed by atoms with Crippen LogP contribution in [-0.2, 0) is 0 Å². The van der Waals surface area contributed by atoms with Crippen molar-refractivity contribution >= 4 is 30.3 Å². The summed E-state index contributed by atoms with van der Waals surface area (Å²) in [6, 6.07) is 7.05.